The third-order valence-electron chi connectivity index (χ3n) is 6.75. The van der Waals surface area contributed by atoms with E-state index < -0.39 is 11.6 Å². The van der Waals surface area contributed by atoms with Gasteiger partial charge in [0.25, 0.3) is 0 Å². The molecule has 31 heavy (non-hydrogen) atoms. The Bertz CT molecular complexity index is 1150. The number of aliphatic hydroxyl groups excluding tert-OH is 1. The number of hydrogen-bond acceptors (Lipinski definition) is 2. The Morgan fingerprint density at radius 2 is 1.81 bits per heavy atom. The summed E-state index contributed by atoms with van der Waals surface area (Å²) in [5.41, 5.74) is 2.02. The van der Waals surface area contributed by atoms with E-state index in [1.54, 1.807) is 12.1 Å². The van der Waals surface area contributed by atoms with Gasteiger partial charge in [-0.1, -0.05) is 0 Å². The summed E-state index contributed by atoms with van der Waals surface area (Å²) >= 11 is 0. The largest absolute Gasteiger partial charge is 0.396 e. The van der Waals surface area contributed by atoms with Gasteiger partial charge in [0, 0.05) is 29.5 Å². The maximum atomic E-state index is 14.5. The SMILES string of the molecule is O=C(NC1(CCO)CC1)[C@H]1C[C@H](c2c(-c3ccc(F)cc3)[nH]c3c(F)cc(F)cc32)C1. The van der Waals surface area contributed by atoms with Crippen molar-refractivity contribution in [1.82, 2.24) is 10.3 Å². The normalized spacial score (nSPS) is 21.7. The van der Waals surface area contributed by atoms with Crippen molar-refractivity contribution in [3.05, 3.63) is 59.4 Å². The molecule has 1 amide bonds. The summed E-state index contributed by atoms with van der Waals surface area (Å²) in [5.74, 6) is -1.97. The molecule has 0 radical (unpaired) electrons. The smallest absolute Gasteiger partial charge is 0.223 e. The molecular weight excluding hydrogens is 405 g/mol. The molecule has 0 atom stereocenters. The van der Waals surface area contributed by atoms with E-state index in [0.717, 1.165) is 24.5 Å². The molecule has 0 aliphatic heterocycles. The molecule has 2 aliphatic rings. The van der Waals surface area contributed by atoms with Crippen LogP contribution in [0.5, 0.6) is 0 Å². The predicted molar refractivity (Wildman–Crippen MR) is 111 cm³/mol. The van der Waals surface area contributed by atoms with Crippen LogP contribution < -0.4 is 5.32 Å². The highest BCUT2D eigenvalue weighted by atomic mass is 19.1. The van der Waals surface area contributed by atoms with Crippen LogP contribution in [-0.4, -0.2) is 28.1 Å². The van der Waals surface area contributed by atoms with Crippen LogP contribution in [0.15, 0.2) is 36.4 Å². The molecule has 3 N–H and O–H groups in total. The van der Waals surface area contributed by atoms with Crippen molar-refractivity contribution in [3.8, 4) is 11.3 Å². The van der Waals surface area contributed by atoms with Crippen molar-refractivity contribution in [2.45, 2.75) is 43.6 Å². The van der Waals surface area contributed by atoms with Crippen LogP contribution in [0.4, 0.5) is 13.2 Å². The molecule has 2 aromatic carbocycles. The van der Waals surface area contributed by atoms with E-state index in [4.69, 9.17) is 0 Å². The van der Waals surface area contributed by atoms with Gasteiger partial charge >= 0.3 is 0 Å². The lowest BCUT2D eigenvalue weighted by Gasteiger charge is -2.36. The second kappa shape index (κ2) is 7.41. The van der Waals surface area contributed by atoms with E-state index in [2.05, 4.69) is 10.3 Å². The Hall–Kier alpha value is -2.80. The minimum atomic E-state index is -0.682. The Morgan fingerprint density at radius 3 is 2.45 bits per heavy atom. The zero-order chi connectivity index (χ0) is 21.8. The fraction of sp³-hybridized carbons (Fsp3) is 0.375. The van der Waals surface area contributed by atoms with Gasteiger partial charge in [0.1, 0.15) is 17.5 Å². The van der Waals surface area contributed by atoms with Gasteiger partial charge in [0.05, 0.1) is 11.2 Å². The van der Waals surface area contributed by atoms with Crippen LogP contribution in [0.3, 0.4) is 0 Å². The average Bonchev–Trinajstić information content (AvgIpc) is 3.33. The van der Waals surface area contributed by atoms with Crippen LogP contribution in [0, 0.1) is 23.4 Å². The molecule has 0 spiro atoms. The highest BCUT2D eigenvalue weighted by Crippen LogP contribution is 2.49. The monoisotopic (exact) mass is 428 g/mol. The quantitative estimate of drug-likeness (QED) is 0.529. The third kappa shape index (κ3) is 3.61. The first-order valence-electron chi connectivity index (χ1n) is 10.6. The Balaban J connectivity index is 1.45. The van der Waals surface area contributed by atoms with Gasteiger partial charge < -0.3 is 15.4 Å². The van der Waals surface area contributed by atoms with E-state index in [-0.39, 0.29) is 41.2 Å². The van der Waals surface area contributed by atoms with Gasteiger partial charge in [0.2, 0.25) is 5.91 Å². The Morgan fingerprint density at radius 1 is 1.10 bits per heavy atom. The standard InChI is InChI=1S/C24H23F3N2O2/c25-16-3-1-13(2-4-16)21-20(18-11-17(26)12-19(27)22(18)28-21)14-9-15(10-14)23(31)29-24(5-6-24)7-8-30/h1-4,11-12,14-15,28,30H,5-10H2,(H,29,31)/t14-,15-. The number of benzene rings is 2. The number of carbonyl (C=O) groups excluding carboxylic acids is 1. The molecule has 2 saturated carbocycles. The summed E-state index contributed by atoms with van der Waals surface area (Å²) in [6, 6.07) is 8.01. The number of rotatable bonds is 6. The topological polar surface area (TPSA) is 65.1 Å². The second-order valence-corrected chi connectivity index (χ2v) is 8.84. The van der Waals surface area contributed by atoms with Crippen molar-refractivity contribution in [3.63, 3.8) is 0 Å². The number of aromatic amines is 1. The van der Waals surface area contributed by atoms with Crippen molar-refractivity contribution in [1.29, 1.82) is 0 Å². The lowest BCUT2D eigenvalue weighted by atomic mass is 9.69. The van der Waals surface area contributed by atoms with Gasteiger partial charge in [-0.25, -0.2) is 13.2 Å². The van der Waals surface area contributed by atoms with Crippen LogP contribution in [-0.2, 0) is 4.79 Å². The van der Waals surface area contributed by atoms with Crippen LogP contribution in [0.25, 0.3) is 22.2 Å². The molecular formula is C24H23F3N2O2. The fourth-order valence-corrected chi connectivity index (χ4v) is 4.74. The second-order valence-electron chi connectivity index (χ2n) is 8.84. The van der Waals surface area contributed by atoms with E-state index in [0.29, 0.717) is 35.9 Å². The maximum absolute atomic E-state index is 14.5. The predicted octanol–water partition coefficient (Wildman–Crippen LogP) is 4.78. The summed E-state index contributed by atoms with van der Waals surface area (Å²) in [6.45, 7) is 0.0427. The highest BCUT2D eigenvalue weighted by Gasteiger charge is 2.46. The minimum Gasteiger partial charge on any atom is -0.396 e. The number of carbonyl (C=O) groups is 1. The van der Waals surface area contributed by atoms with E-state index in [9.17, 15) is 23.1 Å². The molecule has 2 aliphatic carbocycles. The van der Waals surface area contributed by atoms with Crippen LogP contribution in [0.1, 0.15) is 43.6 Å². The molecule has 5 rings (SSSR count). The molecule has 7 heteroatoms. The number of H-pyrrole nitrogens is 1. The lowest BCUT2D eigenvalue weighted by Crippen LogP contribution is -2.44. The number of halogens is 3. The van der Waals surface area contributed by atoms with Crippen molar-refractivity contribution < 1.29 is 23.1 Å². The lowest BCUT2D eigenvalue weighted by molar-refractivity contribution is -0.129. The number of aliphatic hydroxyl groups is 1. The number of nitrogens with one attached hydrogen (secondary N) is 2. The van der Waals surface area contributed by atoms with Crippen molar-refractivity contribution >= 4 is 16.8 Å². The zero-order valence-corrected chi connectivity index (χ0v) is 16.9. The summed E-state index contributed by atoms with van der Waals surface area (Å²) in [5, 5.41) is 12.7. The van der Waals surface area contributed by atoms with E-state index in [1.807, 2.05) is 0 Å². The van der Waals surface area contributed by atoms with Gasteiger partial charge in [0.15, 0.2) is 0 Å². The minimum absolute atomic E-state index is 0.0252. The molecule has 4 nitrogen and oxygen atoms in total. The van der Waals surface area contributed by atoms with Crippen LogP contribution >= 0.6 is 0 Å². The molecule has 3 aromatic rings. The molecule has 2 fully saturated rings. The average molecular weight is 428 g/mol. The molecule has 1 heterocycles. The molecule has 0 saturated heterocycles. The first-order chi connectivity index (χ1) is 14.9. The zero-order valence-electron chi connectivity index (χ0n) is 16.9. The maximum Gasteiger partial charge on any atom is 0.223 e. The van der Waals surface area contributed by atoms with Crippen LogP contribution in [0.2, 0.25) is 0 Å². The summed E-state index contributed by atoms with van der Waals surface area (Å²) < 4.78 is 41.9. The molecule has 162 valence electrons. The van der Waals surface area contributed by atoms with E-state index >= 15 is 0 Å². The summed E-state index contributed by atoms with van der Waals surface area (Å²) in [6.07, 6.45) is 3.46. The van der Waals surface area contributed by atoms with Crippen molar-refractivity contribution in [2.75, 3.05) is 6.61 Å². The number of amides is 1. The Labute approximate surface area is 177 Å². The first kappa shape index (κ1) is 20.1. The third-order valence-corrected chi connectivity index (χ3v) is 6.75. The number of aromatic nitrogens is 1. The highest BCUT2D eigenvalue weighted by molar-refractivity contribution is 5.92. The molecule has 0 unspecified atom stereocenters. The van der Waals surface area contributed by atoms with Gasteiger partial charge in [-0.3, -0.25) is 4.79 Å². The summed E-state index contributed by atoms with van der Waals surface area (Å²) in [7, 11) is 0. The van der Waals surface area contributed by atoms with E-state index in [1.165, 1.54) is 18.2 Å². The first-order valence-corrected chi connectivity index (χ1v) is 10.6. The van der Waals surface area contributed by atoms with Gasteiger partial charge in [-0.05, 0) is 79.5 Å². The molecule has 0 bridgehead atoms. The summed E-state index contributed by atoms with van der Waals surface area (Å²) in [4.78, 5) is 15.7. The van der Waals surface area contributed by atoms with Gasteiger partial charge in [-0.15, -0.1) is 0 Å². The molecule has 1 aromatic heterocycles. The van der Waals surface area contributed by atoms with Crippen molar-refractivity contribution in [2.24, 2.45) is 5.92 Å². The number of fused-ring (bicyclic) bond motifs is 1. The van der Waals surface area contributed by atoms with Gasteiger partial charge in [-0.2, -0.15) is 0 Å². The fourth-order valence-electron chi connectivity index (χ4n) is 4.74. The Kier molecular flexibility index (Phi) is 4.81. The number of hydrogen-bond donors (Lipinski definition) is 3.